The van der Waals surface area contributed by atoms with Crippen LogP contribution in [0, 0.1) is 5.92 Å². The molecule has 0 radical (unpaired) electrons. The van der Waals surface area contributed by atoms with E-state index in [-0.39, 0.29) is 12.5 Å². The van der Waals surface area contributed by atoms with Gasteiger partial charge in [0, 0.05) is 19.6 Å². The van der Waals surface area contributed by atoms with Crippen molar-refractivity contribution in [3.63, 3.8) is 0 Å². The van der Waals surface area contributed by atoms with Gasteiger partial charge in [0.1, 0.15) is 0 Å². The van der Waals surface area contributed by atoms with Crippen molar-refractivity contribution in [2.24, 2.45) is 5.92 Å². The third kappa shape index (κ3) is 19.5. The predicted octanol–water partition coefficient (Wildman–Crippen LogP) is 5.60. The number of carbonyl (C=O) groups excluding carboxylic acids is 1. The Morgan fingerprint density at radius 1 is 0.750 bits per heavy atom. The normalized spacial score (nSPS) is 11.2. The highest BCUT2D eigenvalue weighted by molar-refractivity contribution is 5.75. The molecule has 1 amide bonds. The number of rotatable bonds is 18. The lowest BCUT2D eigenvalue weighted by molar-refractivity contribution is -0.121. The van der Waals surface area contributed by atoms with Gasteiger partial charge in [-0.1, -0.05) is 90.9 Å². The van der Waals surface area contributed by atoms with Gasteiger partial charge >= 0.3 is 0 Å². The van der Waals surface area contributed by atoms with Gasteiger partial charge in [-0.05, 0) is 18.8 Å². The number of aliphatic hydroxyl groups excluding tert-OH is 1. The van der Waals surface area contributed by atoms with Gasteiger partial charge in [0.25, 0.3) is 0 Å². The standard InChI is InChI=1S/C21H43NO2/c1-20(2)16-13-11-9-7-5-3-4-6-8-10-12-14-17-21(24)22-18-15-19-23/h20,23H,3-19H2,1-2H3,(H,22,24). The van der Waals surface area contributed by atoms with Gasteiger partial charge in [-0.25, -0.2) is 0 Å². The van der Waals surface area contributed by atoms with E-state index < -0.39 is 0 Å². The maximum Gasteiger partial charge on any atom is 0.219 e. The van der Waals surface area contributed by atoms with Gasteiger partial charge in [-0.3, -0.25) is 4.79 Å². The minimum absolute atomic E-state index is 0.136. The van der Waals surface area contributed by atoms with Crippen molar-refractivity contribution in [2.75, 3.05) is 13.2 Å². The number of hydrogen-bond donors (Lipinski definition) is 2. The highest BCUT2D eigenvalue weighted by Gasteiger charge is 2.00. The molecule has 0 spiro atoms. The summed E-state index contributed by atoms with van der Waals surface area (Å²) in [5, 5.41) is 11.5. The summed E-state index contributed by atoms with van der Waals surface area (Å²) in [5.41, 5.74) is 0. The Labute approximate surface area is 151 Å². The van der Waals surface area contributed by atoms with E-state index in [4.69, 9.17) is 5.11 Å². The van der Waals surface area contributed by atoms with Gasteiger partial charge in [-0.2, -0.15) is 0 Å². The first kappa shape index (κ1) is 23.4. The van der Waals surface area contributed by atoms with Crippen LogP contribution in [-0.2, 0) is 4.79 Å². The molecule has 0 atom stereocenters. The van der Waals surface area contributed by atoms with Crippen LogP contribution < -0.4 is 5.32 Å². The Morgan fingerprint density at radius 2 is 1.21 bits per heavy atom. The van der Waals surface area contributed by atoms with Gasteiger partial charge in [0.15, 0.2) is 0 Å². The predicted molar refractivity (Wildman–Crippen MR) is 104 cm³/mol. The molecule has 0 unspecified atom stereocenters. The minimum atomic E-state index is 0.136. The molecular weight excluding hydrogens is 298 g/mol. The van der Waals surface area contributed by atoms with Crippen molar-refractivity contribution in [1.29, 1.82) is 0 Å². The second kappa shape index (κ2) is 18.8. The lowest BCUT2D eigenvalue weighted by Crippen LogP contribution is -2.24. The van der Waals surface area contributed by atoms with E-state index in [0.29, 0.717) is 19.4 Å². The largest absolute Gasteiger partial charge is 0.396 e. The molecule has 144 valence electrons. The van der Waals surface area contributed by atoms with E-state index in [9.17, 15) is 4.79 Å². The average Bonchev–Trinajstić information content (AvgIpc) is 2.55. The molecule has 0 aromatic carbocycles. The number of nitrogens with one attached hydrogen (secondary N) is 1. The molecule has 0 fully saturated rings. The van der Waals surface area contributed by atoms with E-state index >= 15 is 0 Å². The van der Waals surface area contributed by atoms with Crippen LogP contribution in [0.2, 0.25) is 0 Å². The summed E-state index contributed by atoms with van der Waals surface area (Å²) < 4.78 is 0. The first-order valence-electron chi connectivity index (χ1n) is 10.5. The molecule has 0 aliphatic carbocycles. The minimum Gasteiger partial charge on any atom is -0.396 e. The number of amides is 1. The molecule has 0 saturated carbocycles. The topological polar surface area (TPSA) is 49.3 Å². The first-order valence-corrected chi connectivity index (χ1v) is 10.5. The Hall–Kier alpha value is -0.570. The van der Waals surface area contributed by atoms with E-state index in [0.717, 1.165) is 12.3 Å². The number of aliphatic hydroxyl groups is 1. The van der Waals surface area contributed by atoms with E-state index in [1.807, 2.05) is 0 Å². The lowest BCUT2D eigenvalue weighted by Gasteiger charge is -2.05. The molecule has 0 bridgehead atoms. The molecule has 24 heavy (non-hydrogen) atoms. The van der Waals surface area contributed by atoms with Crippen molar-refractivity contribution in [3.8, 4) is 0 Å². The average molecular weight is 342 g/mol. The summed E-state index contributed by atoms with van der Waals surface area (Å²) in [7, 11) is 0. The van der Waals surface area contributed by atoms with E-state index in [1.165, 1.54) is 77.0 Å². The Kier molecular flexibility index (Phi) is 18.3. The molecule has 3 heteroatoms. The van der Waals surface area contributed by atoms with Crippen LogP contribution >= 0.6 is 0 Å². The quantitative estimate of drug-likeness (QED) is 0.319. The molecule has 0 rings (SSSR count). The Bertz CT molecular complexity index is 267. The molecule has 0 aliphatic rings. The third-order valence-corrected chi connectivity index (χ3v) is 4.59. The van der Waals surface area contributed by atoms with Gasteiger partial charge in [0.2, 0.25) is 5.91 Å². The maximum atomic E-state index is 11.5. The molecule has 0 saturated heterocycles. The van der Waals surface area contributed by atoms with Crippen molar-refractivity contribution in [3.05, 3.63) is 0 Å². The fourth-order valence-electron chi connectivity index (χ4n) is 3.00. The highest BCUT2D eigenvalue weighted by atomic mass is 16.3. The van der Waals surface area contributed by atoms with Crippen LogP contribution in [-0.4, -0.2) is 24.2 Å². The molecule has 0 heterocycles. The van der Waals surface area contributed by atoms with Gasteiger partial charge in [-0.15, -0.1) is 0 Å². The second-order valence-electron chi connectivity index (χ2n) is 7.60. The molecule has 0 aromatic heterocycles. The SMILES string of the molecule is CC(C)CCCCCCCCCCCCCCC(=O)NCCCO. The fourth-order valence-corrected chi connectivity index (χ4v) is 3.00. The van der Waals surface area contributed by atoms with E-state index in [2.05, 4.69) is 19.2 Å². The van der Waals surface area contributed by atoms with Gasteiger partial charge in [0.05, 0.1) is 0 Å². The summed E-state index contributed by atoms with van der Waals surface area (Å²) in [5.74, 6) is 1.00. The highest BCUT2D eigenvalue weighted by Crippen LogP contribution is 2.14. The maximum absolute atomic E-state index is 11.5. The summed E-state index contributed by atoms with van der Waals surface area (Å²) in [6.07, 6.45) is 18.7. The van der Waals surface area contributed by atoms with Crippen LogP contribution in [0.3, 0.4) is 0 Å². The smallest absolute Gasteiger partial charge is 0.219 e. The molecule has 2 N–H and O–H groups in total. The van der Waals surface area contributed by atoms with Crippen molar-refractivity contribution < 1.29 is 9.90 Å². The van der Waals surface area contributed by atoms with Crippen molar-refractivity contribution in [2.45, 2.75) is 110 Å². The van der Waals surface area contributed by atoms with E-state index in [1.54, 1.807) is 0 Å². The summed E-state index contributed by atoms with van der Waals surface area (Å²) in [4.78, 5) is 11.5. The van der Waals surface area contributed by atoms with Crippen LogP contribution in [0.1, 0.15) is 110 Å². The number of carbonyl (C=O) groups is 1. The lowest BCUT2D eigenvalue weighted by atomic mass is 10.0. The first-order chi connectivity index (χ1) is 11.7. The van der Waals surface area contributed by atoms with Crippen LogP contribution in [0.15, 0.2) is 0 Å². The van der Waals surface area contributed by atoms with Crippen molar-refractivity contribution in [1.82, 2.24) is 5.32 Å². The molecule has 0 aromatic rings. The second-order valence-corrected chi connectivity index (χ2v) is 7.60. The van der Waals surface area contributed by atoms with Crippen LogP contribution in [0.25, 0.3) is 0 Å². The van der Waals surface area contributed by atoms with Crippen LogP contribution in [0.5, 0.6) is 0 Å². The molecular formula is C21H43NO2. The van der Waals surface area contributed by atoms with Gasteiger partial charge < -0.3 is 10.4 Å². The number of unbranched alkanes of at least 4 members (excludes halogenated alkanes) is 11. The Morgan fingerprint density at radius 3 is 1.67 bits per heavy atom. The van der Waals surface area contributed by atoms with Crippen LogP contribution in [0.4, 0.5) is 0 Å². The zero-order valence-electron chi connectivity index (χ0n) is 16.5. The summed E-state index contributed by atoms with van der Waals surface area (Å²) in [6, 6.07) is 0. The molecule has 3 nitrogen and oxygen atoms in total. The zero-order valence-corrected chi connectivity index (χ0v) is 16.5. The fraction of sp³-hybridized carbons (Fsp3) is 0.952. The summed E-state index contributed by atoms with van der Waals surface area (Å²) in [6.45, 7) is 5.38. The Balaban J connectivity index is 3.08. The third-order valence-electron chi connectivity index (χ3n) is 4.59. The number of hydrogen-bond acceptors (Lipinski definition) is 2. The monoisotopic (exact) mass is 341 g/mol. The summed E-state index contributed by atoms with van der Waals surface area (Å²) >= 11 is 0. The zero-order chi connectivity index (χ0) is 17.9. The molecule has 0 aliphatic heterocycles. The van der Waals surface area contributed by atoms with Crippen molar-refractivity contribution >= 4 is 5.91 Å².